The third kappa shape index (κ3) is 6.54. The summed E-state index contributed by atoms with van der Waals surface area (Å²) in [6, 6.07) is 6.97. The van der Waals surface area contributed by atoms with Gasteiger partial charge in [0.2, 0.25) is 0 Å². The fourth-order valence-electron chi connectivity index (χ4n) is 5.37. The second kappa shape index (κ2) is 10.5. The molecular weight excluding hydrogens is 420 g/mol. The van der Waals surface area contributed by atoms with Gasteiger partial charge >= 0.3 is 0 Å². The molecule has 1 aromatic rings. The maximum absolute atomic E-state index is 13.4. The maximum Gasteiger partial charge on any atom is 0.262 e. The Bertz CT molecular complexity index is 842. The number of allylic oxidation sites excluding steroid dienone is 1. The smallest absolute Gasteiger partial charge is 0.262 e. The molecule has 6 heteroatoms. The van der Waals surface area contributed by atoms with E-state index in [1.807, 2.05) is 45.9 Å². The summed E-state index contributed by atoms with van der Waals surface area (Å²) in [5.41, 5.74) is 2.04. The molecule has 0 heterocycles. The Morgan fingerprint density at radius 2 is 1.48 bits per heavy atom. The van der Waals surface area contributed by atoms with Crippen LogP contribution in [0.15, 0.2) is 46.8 Å². The second-order valence-electron chi connectivity index (χ2n) is 10.6. The summed E-state index contributed by atoms with van der Waals surface area (Å²) in [5.74, 6) is 0.593. The monoisotopic (exact) mass is 464 g/mol. The first-order chi connectivity index (χ1) is 14.1. The van der Waals surface area contributed by atoms with Crippen molar-refractivity contribution in [3.8, 4) is 0 Å². The first-order valence-corrected chi connectivity index (χ1v) is 15.2. The molecule has 0 aromatic heterocycles. The molecule has 0 bridgehead atoms. The Labute approximate surface area is 192 Å². The van der Waals surface area contributed by atoms with Crippen molar-refractivity contribution >= 4 is 23.9 Å². The zero-order valence-electron chi connectivity index (χ0n) is 21.3. The number of benzene rings is 1. The number of hydrogen-bond donors (Lipinski definition) is 1. The topological polar surface area (TPSA) is 58.5 Å². The quantitative estimate of drug-likeness (QED) is 0.183. The van der Waals surface area contributed by atoms with Crippen LogP contribution in [0.5, 0.6) is 0 Å². The molecule has 1 N–H and O–H groups in total. The molecule has 31 heavy (non-hydrogen) atoms. The Morgan fingerprint density at radius 3 is 1.84 bits per heavy atom. The molecule has 1 aromatic carbocycles. The van der Waals surface area contributed by atoms with E-state index in [1.165, 1.54) is 0 Å². The lowest BCUT2D eigenvalue weighted by Gasteiger charge is -2.49. The molecule has 176 valence electrons. The number of rotatable bonds is 9. The SMILES string of the molecule is C=CCC(C(=NC(C)(C)C)NS(=O)(=O)c1ccc(C)cc1)[Si](C(C)C)(C(C)C)C(C)C. The van der Waals surface area contributed by atoms with Crippen molar-refractivity contribution in [3.63, 3.8) is 0 Å². The number of nitrogens with one attached hydrogen (secondary N) is 1. The van der Waals surface area contributed by atoms with Crippen molar-refractivity contribution < 1.29 is 8.42 Å². The number of aryl methyl sites for hydroxylation is 1. The molecule has 0 saturated carbocycles. The summed E-state index contributed by atoms with van der Waals surface area (Å²) in [4.78, 5) is 5.25. The number of amidine groups is 1. The molecule has 1 unspecified atom stereocenters. The Morgan fingerprint density at radius 1 is 1.03 bits per heavy atom. The van der Waals surface area contributed by atoms with Gasteiger partial charge in [-0.3, -0.25) is 9.71 Å². The van der Waals surface area contributed by atoms with Crippen LogP contribution in [0.2, 0.25) is 22.2 Å². The van der Waals surface area contributed by atoms with Gasteiger partial charge in [-0.2, -0.15) is 0 Å². The molecule has 0 aliphatic heterocycles. The van der Waals surface area contributed by atoms with Crippen molar-refractivity contribution in [1.29, 1.82) is 0 Å². The van der Waals surface area contributed by atoms with E-state index in [0.717, 1.165) is 5.56 Å². The number of sulfonamides is 1. The Kier molecular flexibility index (Phi) is 9.34. The summed E-state index contributed by atoms with van der Waals surface area (Å²) >= 11 is 0. The lowest BCUT2D eigenvalue weighted by Crippen LogP contribution is -2.54. The molecule has 0 fully saturated rings. The molecule has 1 rings (SSSR count). The standard InChI is InChI=1S/C25H44N2O2SSi/c1-12-13-23(31(18(2)3,19(4)5)20(6)7)24(26-25(9,10)11)27-30(28,29)22-16-14-21(8)15-17-22/h12,14-20,23H,1,13H2,2-11H3,(H,26,27). The zero-order chi connectivity index (χ0) is 24.2. The lowest BCUT2D eigenvalue weighted by molar-refractivity contribution is 0.573. The average Bonchev–Trinajstić information content (AvgIpc) is 2.59. The van der Waals surface area contributed by atoms with E-state index in [4.69, 9.17) is 4.99 Å². The van der Waals surface area contributed by atoms with Gasteiger partial charge in [0.25, 0.3) is 10.0 Å². The Balaban J connectivity index is 3.74. The van der Waals surface area contributed by atoms with Gasteiger partial charge in [0, 0.05) is 5.54 Å². The summed E-state index contributed by atoms with van der Waals surface area (Å²) in [7, 11) is -5.82. The van der Waals surface area contributed by atoms with E-state index in [2.05, 4.69) is 52.8 Å². The van der Waals surface area contributed by atoms with Crippen LogP contribution >= 0.6 is 0 Å². The summed E-state index contributed by atoms with van der Waals surface area (Å²) in [6.45, 7) is 25.8. The van der Waals surface area contributed by atoms with Gasteiger partial charge in [0.15, 0.2) is 0 Å². The normalized spacial score (nSPS) is 14.9. The summed E-state index contributed by atoms with van der Waals surface area (Å²) < 4.78 is 29.7. The number of nitrogens with zero attached hydrogens (tertiary/aromatic N) is 1. The highest BCUT2D eigenvalue weighted by Gasteiger charge is 2.51. The lowest BCUT2D eigenvalue weighted by atomic mass is 10.1. The fourth-order valence-corrected chi connectivity index (χ4v) is 14.2. The average molecular weight is 465 g/mol. The van der Waals surface area contributed by atoms with Crippen LogP contribution in [0.3, 0.4) is 0 Å². The van der Waals surface area contributed by atoms with Gasteiger partial charge < -0.3 is 0 Å². The molecule has 0 spiro atoms. The molecule has 0 aliphatic rings. The van der Waals surface area contributed by atoms with Gasteiger partial charge in [0.1, 0.15) is 5.84 Å². The van der Waals surface area contributed by atoms with Crippen LogP contribution in [0.25, 0.3) is 0 Å². The minimum absolute atomic E-state index is 0.0319. The summed E-state index contributed by atoms with van der Waals surface area (Å²) in [5, 5.41) is 0. The van der Waals surface area contributed by atoms with Gasteiger partial charge in [-0.05, 0) is 62.9 Å². The van der Waals surface area contributed by atoms with Gasteiger partial charge in [0.05, 0.1) is 18.5 Å². The van der Waals surface area contributed by atoms with E-state index in [9.17, 15) is 8.42 Å². The predicted molar refractivity (Wildman–Crippen MR) is 138 cm³/mol. The molecule has 4 nitrogen and oxygen atoms in total. The van der Waals surface area contributed by atoms with Crippen molar-refractivity contribution in [1.82, 2.24) is 4.72 Å². The molecule has 0 saturated heterocycles. The molecular formula is C25H44N2O2SSi. The highest BCUT2D eigenvalue weighted by atomic mass is 32.2. The highest BCUT2D eigenvalue weighted by molar-refractivity contribution is 7.90. The van der Waals surface area contributed by atoms with Crippen molar-refractivity contribution in [2.45, 2.75) is 108 Å². The third-order valence-corrected chi connectivity index (χ3v) is 15.4. The van der Waals surface area contributed by atoms with Crippen LogP contribution in [0.1, 0.15) is 74.3 Å². The van der Waals surface area contributed by atoms with Crippen LogP contribution in [-0.4, -0.2) is 27.9 Å². The third-order valence-electron chi connectivity index (χ3n) is 6.36. The van der Waals surface area contributed by atoms with E-state index >= 15 is 0 Å². The second-order valence-corrected chi connectivity index (χ2v) is 18.5. The predicted octanol–water partition coefficient (Wildman–Crippen LogP) is 7.10. The number of aliphatic imine (C=N–C) groups is 1. The van der Waals surface area contributed by atoms with Crippen molar-refractivity contribution in [2.75, 3.05) is 0 Å². The van der Waals surface area contributed by atoms with Gasteiger partial charge in [-0.1, -0.05) is 65.3 Å². The zero-order valence-corrected chi connectivity index (χ0v) is 23.1. The van der Waals surface area contributed by atoms with E-state index in [-0.39, 0.29) is 10.4 Å². The first-order valence-electron chi connectivity index (χ1n) is 11.4. The molecule has 0 amide bonds. The van der Waals surface area contributed by atoms with Crippen molar-refractivity contribution in [2.24, 2.45) is 4.99 Å². The first kappa shape index (κ1) is 27.6. The maximum atomic E-state index is 13.4. The Hall–Kier alpha value is -1.40. The largest absolute Gasteiger partial charge is 0.267 e. The van der Waals surface area contributed by atoms with E-state index < -0.39 is 23.6 Å². The van der Waals surface area contributed by atoms with Crippen LogP contribution in [-0.2, 0) is 10.0 Å². The highest BCUT2D eigenvalue weighted by Crippen LogP contribution is 2.51. The van der Waals surface area contributed by atoms with Crippen LogP contribution < -0.4 is 4.72 Å². The molecule has 0 radical (unpaired) electrons. The fraction of sp³-hybridized carbons (Fsp3) is 0.640. The van der Waals surface area contributed by atoms with Crippen LogP contribution in [0, 0.1) is 6.92 Å². The van der Waals surface area contributed by atoms with E-state index in [0.29, 0.717) is 28.9 Å². The molecule has 0 aliphatic carbocycles. The van der Waals surface area contributed by atoms with Crippen LogP contribution in [0.4, 0.5) is 0 Å². The number of hydrogen-bond acceptors (Lipinski definition) is 3. The van der Waals surface area contributed by atoms with E-state index in [1.54, 1.807) is 12.1 Å². The minimum atomic E-state index is -3.74. The van der Waals surface area contributed by atoms with Crippen molar-refractivity contribution in [3.05, 3.63) is 42.5 Å². The molecule has 1 atom stereocenters. The van der Waals surface area contributed by atoms with Gasteiger partial charge in [-0.15, -0.1) is 6.58 Å². The van der Waals surface area contributed by atoms with Gasteiger partial charge in [-0.25, -0.2) is 8.42 Å². The minimum Gasteiger partial charge on any atom is -0.267 e. The summed E-state index contributed by atoms with van der Waals surface area (Å²) in [6.07, 6.45) is 2.64.